The Kier molecular flexibility index (Phi) is 3.72. The molecule has 21 heavy (non-hydrogen) atoms. The molecule has 0 aliphatic carbocycles. The number of β-amino-alcohol motifs (C(OH)–C–C–N with tert-alkyl or cyclic N) is 2. The van der Waals surface area contributed by atoms with E-state index in [1.165, 1.54) is 4.90 Å². The summed E-state index contributed by atoms with van der Waals surface area (Å²) in [4.78, 5) is 13.9. The highest BCUT2D eigenvalue weighted by Gasteiger charge is 2.28. The number of carbonyl (C=O) groups excluding carboxylic acids is 1. The number of aromatic amines is 1. The van der Waals surface area contributed by atoms with Crippen LogP contribution in [0.4, 0.5) is 0 Å². The van der Waals surface area contributed by atoms with Gasteiger partial charge in [-0.15, -0.1) is 0 Å². The molecule has 0 bridgehead atoms. The fraction of sp³-hybridized carbons (Fsp3) is 0.333. The van der Waals surface area contributed by atoms with Gasteiger partial charge >= 0.3 is 0 Å². The largest absolute Gasteiger partial charge is 0.391 e. The number of nitrogens with one attached hydrogen (secondary N) is 1. The molecule has 6 heteroatoms. The average molecular weight is 287 g/mol. The number of likely N-dealkylation sites (tertiary alicyclic amines) is 1. The number of hydrogen-bond donors (Lipinski definition) is 3. The quantitative estimate of drug-likeness (QED) is 0.756. The van der Waals surface area contributed by atoms with E-state index in [1.54, 1.807) is 18.3 Å². The fourth-order valence-electron chi connectivity index (χ4n) is 2.60. The third-order valence-electron chi connectivity index (χ3n) is 3.64. The zero-order valence-electron chi connectivity index (χ0n) is 11.4. The molecule has 0 radical (unpaired) electrons. The minimum absolute atomic E-state index is 0.177. The van der Waals surface area contributed by atoms with Gasteiger partial charge in [-0.2, -0.15) is 5.10 Å². The van der Waals surface area contributed by atoms with E-state index in [1.807, 2.05) is 18.2 Å². The maximum atomic E-state index is 12.4. The molecule has 1 amide bonds. The van der Waals surface area contributed by atoms with Crippen molar-refractivity contribution < 1.29 is 15.0 Å². The van der Waals surface area contributed by atoms with E-state index >= 15 is 0 Å². The van der Waals surface area contributed by atoms with Crippen molar-refractivity contribution >= 4 is 5.91 Å². The van der Waals surface area contributed by atoms with Gasteiger partial charge in [-0.1, -0.05) is 12.1 Å². The second kappa shape index (κ2) is 5.67. The average Bonchev–Trinajstić information content (AvgIpc) is 3.00. The molecule has 1 fully saturated rings. The summed E-state index contributed by atoms with van der Waals surface area (Å²) in [5.74, 6) is -0.177. The maximum Gasteiger partial charge on any atom is 0.254 e. The third-order valence-corrected chi connectivity index (χ3v) is 3.64. The predicted octanol–water partition coefficient (Wildman–Crippen LogP) is 0.644. The molecule has 6 nitrogen and oxygen atoms in total. The molecule has 110 valence electrons. The van der Waals surface area contributed by atoms with Crippen LogP contribution in [0.3, 0.4) is 0 Å². The molecule has 2 heterocycles. The molecule has 0 spiro atoms. The van der Waals surface area contributed by atoms with Crippen LogP contribution >= 0.6 is 0 Å². The summed E-state index contributed by atoms with van der Waals surface area (Å²) in [5, 5.41) is 26.1. The summed E-state index contributed by atoms with van der Waals surface area (Å²) < 4.78 is 0. The van der Waals surface area contributed by atoms with E-state index in [9.17, 15) is 15.0 Å². The van der Waals surface area contributed by atoms with E-state index in [2.05, 4.69) is 10.2 Å². The van der Waals surface area contributed by atoms with Crippen molar-refractivity contribution in [3.8, 4) is 11.3 Å². The number of carbonyl (C=O) groups is 1. The Morgan fingerprint density at radius 2 is 1.81 bits per heavy atom. The van der Waals surface area contributed by atoms with Crippen molar-refractivity contribution in [1.82, 2.24) is 15.1 Å². The van der Waals surface area contributed by atoms with E-state index in [0.717, 1.165) is 11.3 Å². The van der Waals surface area contributed by atoms with Gasteiger partial charge in [0.25, 0.3) is 5.91 Å². The van der Waals surface area contributed by atoms with Crippen LogP contribution in [-0.2, 0) is 0 Å². The van der Waals surface area contributed by atoms with E-state index in [-0.39, 0.29) is 19.0 Å². The minimum Gasteiger partial charge on any atom is -0.391 e. The molecule has 0 unspecified atom stereocenters. The zero-order valence-corrected chi connectivity index (χ0v) is 11.4. The minimum atomic E-state index is -0.665. The maximum absolute atomic E-state index is 12.4. The molecule has 1 saturated heterocycles. The summed E-state index contributed by atoms with van der Waals surface area (Å²) in [6.45, 7) is 0.524. The number of piperidine rings is 1. The second-order valence-corrected chi connectivity index (χ2v) is 5.30. The first-order chi connectivity index (χ1) is 10.1. The monoisotopic (exact) mass is 287 g/mol. The number of rotatable bonds is 2. The van der Waals surface area contributed by atoms with Crippen LogP contribution in [-0.4, -0.2) is 56.5 Å². The summed E-state index contributed by atoms with van der Waals surface area (Å²) in [7, 11) is 0. The normalized spacial score (nSPS) is 22.3. The second-order valence-electron chi connectivity index (χ2n) is 5.30. The van der Waals surface area contributed by atoms with Crippen LogP contribution in [0, 0.1) is 0 Å². The lowest BCUT2D eigenvalue weighted by atomic mass is 10.0. The lowest BCUT2D eigenvalue weighted by Crippen LogP contribution is -2.48. The van der Waals surface area contributed by atoms with Gasteiger partial charge < -0.3 is 15.1 Å². The predicted molar refractivity (Wildman–Crippen MR) is 76.6 cm³/mol. The van der Waals surface area contributed by atoms with Gasteiger partial charge in [-0.3, -0.25) is 9.89 Å². The highest BCUT2D eigenvalue weighted by atomic mass is 16.3. The van der Waals surface area contributed by atoms with Crippen molar-refractivity contribution in [3.05, 3.63) is 42.1 Å². The summed E-state index contributed by atoms with van der Waals surface area (Å²) in [5.41, 5.74) is 2.38. The van der Waals surface area contributed by atoms with Gasteiger partial charge in [0.05, 0.1) is 17.9 Å². The molecule has 2 atom stereocenters. The first-order valence-electron chi connectivity index (χ1n) is 6.88. The molecule has 1 aromatic carbocycles. The molecule has 1 aliphatic heterocycles. The highest BCUT2D eigenvalue weighted by molar-refractivity contribution is 5.94. The summed E-state index contributed by atoms with van der Waals surface area (Å²) in [6, 6.07) is 9.03. The number of nitrogens with zero attached hydrogens (tertiary/aromatic N) is 2. The van der Waals surface area contributed by atoms with E-state index in [4.69, 9.17) is 0 Å². The summed E-state index contributed by atoms with van der Waals surface area (Å²) in [6.07, 6.45) is 0.664. The molecule has 3 N–H and O–H groups in total. The SMILES string of the molecule is O=C(c1ccc(-c2ccn[nH]2)cc1)N1C[C@H](O)C[C@@H](O)C1. The number of aromatic nitrogens is 2. The van der Waals surface area contributed by atoms with Crippen LogP contribution < -0.4 is 0 Å². The Balaban J connectivity index is 1.76. The molecule has 1 aliphatic rings. The topological polar surface area (TPSA) is 89.5 Å². The number of aliphatic hydroxyl groups excluding tert-OH is 2. The van der Waals surface area contributed by atoms with Gasteiger partial charge in [0.15, 0.2) is 0 Å². The lowest BCUT2D eigenvalue weighted by molar-refractivity contribution is -0.00384. The van der Waals surface area contributed by atoms with Crippen molar-refractivity contribution in [1.29, 1.82) is 0 Å². The van der Waals surface area contributed by atoms with Gasteiger partial charge in [-0.25, -0.2) is 0 Å². The van der Waals surface area contributed by atoms with Crippen molar-refractivity contribution in [2.75, 3.05) is 13.1 Å². The van der Waals surface area contributed by atoms with Crippen LogP contribution in [0.25, 0.3) is 11.3 Å². The Morgan fingerprint density at radius 3 is 2.38 bits per heavy atom. The summed E-state index contributed by atoms with van der Waals surface area (Å²) >= 11 is 0. The van der Waals surface area contributed by atoms with Crippen LogP contribution in [0.2, 0.25) is 0 Å². The first kappa shape index (κ1) is 13.8. The molecular weight excluding hydrogens is 270 g/mol. The van der Waals surface area contributed by atoms with Crippen LogP contribution in [0.5, 0.6) is 0 Å². The van der Waals surface area contributed by atoms with E-state index < -0.39 is 12.2 Å². The molecule has 1 aromatic heterocycles. The fourth-order valence-corrected chi connectivity index (χ4v) is 2.60. The van der Waals surface area contributed by atoms with Crippen molar-refractivity contribution in [3.63, 3.8) is 0 Å². The standard InChI is InChI=1S/C15H17N3O3/c19-12-7-13(20)9-18(8-12)15(21)11-3-1-10(2-4-11)14-5-6-16-17-14/h1-6,12-13,19-20H,7-9H2,(H,16,17)/t12-,13-/m1/s1. The number of hydrogen-bond acceptors (Lipinski definition) is 4. The molecule has 2 aromatic rings. The number of aliphatic hydroxyl groups is 2. The van der Waals surface area contributed by atoms with Gasteiger partial charge in [0.1, 0.15) is 0 Å². The Labute approximate surface area is 122 Å². The van der Waals surface area contributed by atoms with Crippen molar-refractivity contribution in [2.45, 2.75) is 18.6 Å². The first-order valence-corrected chi connectivity index (χ1v) is 6.88. The zero-order chi connectivity index (χ0) is 14.8. The van der Waals surface area contributed by atoms with Crippen LogP contribution in [0.1, 0.15) is 16.8 Å². The third kappa shape index (κ3) is 2.96. The number of H-pyrrole nitrogens is 1. The van der Waals surface area contributed by atoms with Crippen molar-refractivity contribution in [2.24, 2.45) is 0 Å². The van der Waals surface area contributed by atoms with Gasteiger partial charge in [0.2, 0.25) is 0 Å². The Bertz CT molecular complexity index is 600. The van der Waals surface area contributed by atoms with Gasteiger partial charge in [-0.05, 0) is 23.8 Å². The Hall–Kier alpha value is -2.18. The Morgan fingerprint density at radius 1 is 1.14 bits per heavy atom. The van der Waals surface area contributed by atoms with Gasteiger partial charge in [0, 0.05) is 31.3 Å². The highest BCUT2D eigenvalue weighted by Crippen LogP contribution is 2.19. The van der Waals surface area contributed by atoms with Crippen LogP contribution in [0.15, 0.2) is 36.5 Å². The molecular formula is C15H17N3O3. The molecule has 3 rings (SSSR count). The lowest BCUT2D eigenvalue weighted by Gasteiger charge is -2.33. The number of benzene rings is 1. The smallest absolute Gasteiger partial charge is 0.254 e. The van der Waals surface area contributed by atoms with E-state index in [0.29, 0.717) is 12.0 Å². The number of amides is 1. The molecule has 0 saturated carbocycles.